The Labute approximate surface area is 473 Å². The molecule has 0 saturated carbocycles. The predicted octanol–water partition coefficient (Wildman–Crippen LogP) is 17.8. The lowest BCUT2D eigenvalue weighted by atomic mass is 9.33. The molecular weight excluding hydrogens is 978 g/mol. The topological polar surface area (TPSA) is 11.4 Å². The number of aryl methyl sites for hydroxylation is 4. The molecule has 1 atom stereocenters. The Morgan fingerprint density at radius 1 is 0.309 bits per heavy atom. The molecule has 4 aliphatic rings. The van der Waals surface area contributed by atoms with Gasteiger partial charge < -0.3 is 14.4 Å². The quantitative estimate of drug-likeness (QED) is 0.159. The van der Waals surface area contributed by atoms with Gasteiger partial charge in [-0.15, -0.1) is 0 Å². The van der Waals surface area contributed by atoms with Gasteiger partial charge in [0.2, 0.25) is 0 Å². The van der Waals surface area contributed by atoms with Gasteiger partial charge in [0, 0.05) is 50.6 Å². The van der Waals surface area contributed by atoms with Crippen LogP contribution >= 0.6 is 0 Å². The van der Waals surface area contributed by atoms with Crippen molar-refractivity contribution in [3.05, 3.63) is 299 Å². The summed E-state index contributed by atoms with van der Waals surface area (Å²) >= 11 is 0. The van der Waals surface area contributed by atoms with Crippen LogP contribution in [0.15, 0.2) is 255 Å². The zero-order valence-electron chi connectivity index (χ0n) is 45.7. The van der Waals surface area contributed by atoms with E-state index in [1.807, 2.05) is 0 Å². The number of rotatable bonds is 5. The van der Waals surface area contributed by atoms with E-state index in [1.165, 1.54) is 161 Å². The highest BCUT2D eigenvalue weighted by atomic mass is 15.2. The highest BCUT2D eigenvalue weighted by Crippen LogP contribution is 2.64. The molecule has 81 heavy (non-hydrogen) atoms. The van der Waals surface area contributed by atoms with E-state index in [0.717, 1.165) is 5.69 Å². The van der Waals surface area contributed by atoms with Crippen LogP contribution in [0.2, 0.25) is 0 Å². The third-order valence-corrected chi connectivity index (χ3v) is 18.4. The van der Waals surface area contributed by atoms with Gasteiger partial charge >= 0.3 is 0 Å². The summed E-state index contributed by atoms with van der Waals surface area (Å²) < 4.78 is 2.51. The van der Waals surface area contributed by atoms with E-state index in [-0.39, 0.29) is 6.71 Å². The summed E-state index contributed by atoms with van der Waals surface area (Å²) in [6, 6.07) is 96.9. The number of fused-ring (bicyclic) bond motifs is 17. The minimum Gasteiger partial charge on any atom is -0.311 e. The van der Waals surface area contributed by atoms with E-state index < -0.39 is 5.41 Å². The lowest BCUT2D eigenvalue weighted by molar-refractivity contribution is 0.793. The first-order valence-corrected chi connectivity index (χ1v) is 28.5. The Bertz CT molecular complexity index is 4740. The van der Waals surface area contributed by atoms with Crippen LogP contribution in [0.25, 0.3) is 72.0 Å². The number of aromatic nitrogens is 1. The van der Waals surface area contributed by atoms with Crippen molar-refractivity contribution in [2.45, 2.75) is 33.1 Å². The van der Waals surface area contributed by atoms with Gasteiger partial charge in [0.1, 0.15) is 0 Å². The van der Waals surface area contributed by atoms with Crippen LogP contribution in [0.5, 0.6) is 0 Å². The van der Waals surface area contributed by atoms with Gasteiger partial charge in [-0.25, -0.2) is 0 Å². The zero-order chi connectivity index (χ0) is 53.8. The Morgan fingerprint density at radius 3 is 1.54 bits per heavy atom. The van der Waals surface area contributed by atoms with Crippen molar-refractivity contribution in [3.63, 3.8) is 0 Å². The summed E-state index contributed by atoms with van der Waals surface area (Å²) in [5.74, 6) is 0. The van der Waals surface area contributed by atoms with Crippen LogP contribution in [0.4, 0.5) is 34.1 Å². The second kappa shape index (κ2) is 17.1. The fraction of sp³-hybridized carbons (Fsp3) is 0.0649. The average molecular weight is 1030 g/mol. The summed E-state index contributed by atoms with van der Waals surface area (Å²) in [6.45, 7) is 8.97. The monoisotopic (exact) mass is 1030 g/mol. The molecule has 1 spiro atoms. The fourth-order valence-corrected chi connectivity index (χ4v) is 15.0. The van der Waals surface area contributed by atoms with Crippen molar-refractivity contribution in [2.75, 3.05) is 9.80 Å². The van der Waals surface area contributed by atoms with E-state index in [4.69, 9.17) is 0 Å². The highest BCUT2D eigenvalue weighted by Gasteiger charge is 2.54. The van der Waals surface area contributed by atoms with Gasteiger partial charge in [-0.2, -0.15) is 0 Å². The van der Waals surface area contributed by atoms with Crippen molar-refractivity contribution in [2.24, 2.45) is 0 Å². The molecule has 0 N–H and O–H groups in total. The molecule has 3 nitrogen and oxygen atoms in total. The van der Waals surface area contributed by atoms with Gasteiger partial charge in [0.05, 0.1) is 16.4 Å². The standard InChI is InChI=1S/C77H54BN3/c1-47-18-17-24-55(38-47)80-72-39-48(2)30-35-67(72)78-68-45-60-58-26-13-15-28-64(58)77(66(60)46-73(68)81(69-29-16-11-19-50(69)4)75-41-49(3)40-74(80)76(75)78)63-27-14-12-25-57(63)59-44-56(33-34-65(59)77)79-70-36-31-53(51-20-7-5-8-21-51)42-61(70)62-43-54(32-37-71(62)79)52-22-9-6-10-23-52/h5-46H,1-4H3. The second-order valence-electron chi connectivity index (χ2n) is 23.1. The molecule has 17 rings (SSSR count). The third-order valence-electron chi connectivity index (χ3n) is 18.4. The molecule has 12 aromatic carbocycles. The molecule has 3 heterocycles. The normalized spacial score (nSPS) is 14.9. The van der Waals surface area contributed by atoms with Crippen LogP contribution in [0, 0.1) is 27.7 Å². The number of para-hydroxylation sites is 1. The van der Waals surface area contributed by atoms with E-state index in [2.05, 4.69) is 297 Å². The van der Waals surface area contributed by atoms with Gasteiger partial charge in [0.25, 0.3) is 6.71 Å². The molecule has 0 saturated heterocycles. The average Bonchev–Trinajstić information content (AvgIpc) is 2.48. The molecule has 2 aliphatic carbocycles. The maximum Gasteiger partial charge on any atom is 0.252 e. The maximum atomic E-state index is 2.63. The van der Waals surface area contributed by atoms with Crippen LogP contribution in [0.3, 0.4) is 0 Å². The second-order valence-corrected chi connectivity index (χ2v) is 23.1. The van der Waals surface area contributed by atoms with E-state index >= 15 is 0 Å². The number of hydrogen-bond acceptors (Lipinski definition) is 2. The van der Waals surface area contributed by atoms with Crippen LogP contribution in [-0.2, 0) is 5.41 Å². The van der Waals surface area contributed by atoms with E-state index in [9.17, 15) is 0 Å². The molecule has 0 radical (unpaired) electrons. The molecule has 2 aliphatic heterocycles. The molecule has 13 aromatic rings. The van der Waals surface area contributed by atoms with E-state index in [1.54, 1.807) is 0 Å². The molecular formula is C77H54BN3. The number of benzene rings is 12. The highest BCUT2D eigenvalue weighted by molar-refractivity contribution is 7.00. The number of nitrogens with zero attached hydrogens (tertiary/aromatic N) is 3. The lowest BCUT2D eigenvalue weighted by Gasteiger charge is -2.45. The summed E-state index contributed by atoms with van der Waals surface area (Å²) in [6.07, 6.45) is 0. The fourth-order valence-electron chi connectivity index (χ4n) is 15.0. The Kier molecular flexibility index (Phi) is 9.70. The largest absolute Gasteiger partial charge is 0.311 e. The van der Waals surface area contributed by atoms with Crippen LogP contribution in [-0.4, -0.2) is 11.3 Å². The van der Waals surface area contributed by atoms with Gasteiger partial charge in [-0.3, -0.25) is 0 Å². The van der Waals surface area contributed by atoms with Crippen molar-refractivity contribution in [1.82, 2.24) is 4.57 Å². The summed E-state index contributed by atoms with van der Waals surface area (Å²) in [7, 11) is 0. The minimum atomic E-state index is -0.583. The molecule has 0 bridgehead atoms. The summed E-state index contributed by atoms with van der Waals surface area (Å²) in [4.78, 5) is 5.16. The zero-order valence-corrected chi connectivity index (χ0v) is 45.7. The van der Waals surface area contributed by atoms with Gasteiger partial charge in [-0.1, -0.05) is 176 Å². The predicted molar refractivity (Wildman–Crippen MR) is 341 cm³/mol. The maximum absolute atomic E-state index is 2.63. The lowest BCUT2D eigenvalue weighted by Crippen LogP contribution is -2.61. The number of hydrogen-bond donors (Lipinski definition) is 0. The first-order valence-electron chi connectivity index (χ1n) is 28.5. The molecule has 1 unspecified atom stereocenters. The summed E-state index contributed by atoms with van der Waals surface area (Å²) in [5.41, 5.74) is 34.6. The Balaban J connectivity index is 0.918. The van der Waals surface area contributed by atoms with Crippen LogP contribution in [0.1, 0.15) is 44.5 Å². The van der Waals surface area contributed by atoms with Crippen molar-refractivity contribution < 1.29 is 0 Å². The van der Waals surface area contributed by atoms with Crippen molar-refractivity contribution in [3.8, 4) is 50.2 Å². The van der Waals surface area contributed by atoms with Crippen molar-refractivity contribution >= 4 is 79.0 Å². The molecule has 0 amide bonds. The van der Waals surface area contributed by atoms with Gasteiger partial charge in [0.15, 0.2) is 0 Å². The molecule has 0 fully saturated rings. The molecule has 4 heteroatoms. The van der Waals surface area contributed by atoms with Gasteiger partial charge in [-0.05, 0) is 212 Å². The first-order chi connectivity index (χ1) is 39.8. The van der Waals surface area contributed by atoms with E-state index in [0.29, 0.717) is 0 Å². The summed E-state index contributed by atoms with van der Waals surface area (Å²) in [5, 5.41) is 2.48. The minimum absolute atomic E-state index is 0.0130. The SMILES string of the molecule is Cc1cccc(N2c3cc(C)ccc3B3c4cc5c(cc4N(c4ccccc4C)c4cc(C)cc2c43)C2(c3ccccc3-c3cc(-n4c6ccc(-c7ccccc7)cc6c6cc(-c7ccccc7)ccc64)ccc32)c2ccccc2-5)c1. The molecule has 380 valence electrons. The Hall–Kier alpha value is -9.90. The Morgan fingerprint density at radius 2 is 0.877 bits per heavy atom. The van der Waals surface area contributed by atoms with Crippen molar-refractivity contribution in [1.29, 1.82) is 0 Å². The first kappa shape index (κ1) is 46.1. The third kappa shape index (κ3) is 6.42. The molecule has 1 aromatic heterocycles. The number of anilines is 6. The smallest absolute Gasteiger partial charge is 0.252 e. The van der Waals surface area contributed by atoms with Crippen LogP contribution < -0.4 is 26.2 Å².